The number of nitrogens with two attached hydrogens (primary N) is 1. The van der Waals surface area contributed by atoms with E-state index in [9.17, 15) is 24.0 Å². The standard InChI is InChI=1S/C11H19NO6.C4H7NO4/c1-11(2,3)18-10(15)12-7(9(14)17-5)6-8(13)16-4;5-2(4(8)9)1-3(6)7/h7H,6H2,1-5H3,(H,12,15);2H,1,5H2,(H,6,7)(H,8,9)/t7-;2-/m00/s1. The van der Waals surface area contributed by atoms with Crippen LogP contribution in [0.5, 0.6) is 0 Å². The van der Waals surface area contributed by atoms with Gasteiger partial charge in [0, 0.05) is 0 Å². The Morgan fingerprint density at radius 2 is 1.52 bits per heavy atom. The molecule has 12 nitrogen and oxygen atoms in total. The summed E-state index contributed by atoms with van der Waals surface area (Å²) >= 11 is 0. The van der Waals surface area contributed by atoms with E-state index in [-0.39, 0.29) is 6.42 Å². The van der Waals surface area contributed by atoms with Crippen LogP contribution in [0.3, 0.4) is 0 Å². The lowest BCUT2D eigenvalue weighted by Crippen LogP contribution is -2.45. The molecule has 0 saturated carbocycles. The first kappa shape index (κ1) is 26.3. The van der Waals surface area contributed by atoms with E-state index in [0.29, 0.717) is 0 Å². The average Bonchev–Trinajstić information content (AvgIpc) is 2.51. The number of nitrogens with one attached hydrogen (secondary N) is 1. The molecule has 12 heteroatoms. The van der Waals surface area contributed by atoms with Gasteiger partial charge in [0.25, 0.3) is 0 Å². The molecule has 156 valence electrons. The molecule has 0 spiro atoms. The van der Waals surface area contributed by atoms with Gasteiger partial charge < -0.3 is 35.5 Å². The van der Waals surface area contributed by atoms with Crippen molar-refractivity contribution in [1.82, 2.24) is 5.32 Å². The average molecular weight is 394 g/mol. The number of carbonyl (C=O) groups excluding carboxylic acids is 3. The van der Waals surface area contributed by atoms with Gasteiger partial charge in [0.2, 0.25) is 0 Å². The van der Waals surface area contributed by atoms with E-state index < -0.39 is 54.1 Å². The van der Waals surface area contributed by atoms with E-state index in [1.54, 1.807) is 20.8 Å². The van der Waals surface area contributed by atoms with E-state index in [1.165, 1.54) is 7.11 Å². The van der Waals surface area contributed by atoms with Gasteiger partial charge in [-0.25, -0.2) is 9.59 Å². The summed E-state index contributed by atoms with van der Waals surface area (Å²) in [6.45, 7) is 5.04. The van der Waals surface area contributed by atoms with Crippen LogP contribution in [0, 0.1) is 0 Å². The highest BCUT2D eigenvalue weighted by atomic mass is 16.6. The Bertz CT molecular complexity index is 541. The van der Waals surface area contributed by atoms with E-state index in [1.807, 2.05) is 0 Å². The van der Waals surface area contributed by atoms with Crippen molar-refractivity contribution < 1.29 is 48.4 Å². The first-order chi connectivity index (χ1) is 12.2. The third-order valence-electron chi connectivity index (χ3n) is 2.49. The Morgan fingerprint density at radius 3 is 1.81 bits per heavy atom. The number of hydrogen-bond acceptors (Lipinski definition) is 9. The molecule has 0 saturated heterocycles. The van der Waals surface area contributed by atoms with Gasteiger partial charge >= 0.3 is 30.0 Å². The van der Waals surface area contributed by atoms with Crippen molar-refractivity contribution in [2.75, 3.05) is 14.2 Å². The minimum atomic E-state index is -1.29. The topological polar surface area (TPSA) is 192 Å². The molecule has 0 aromatic heterocycles. The molecule has 0 radical (unpaired) electrons. The van der Waals surface area contributed by atoms with Crippen LogP contribution >= 0.6 is 0 Å². The van der Waals surface area contributed by atoms with Crippen molar-refractivity contribution in [3.8, 4) is 0 Å². The van der Waals surface area contributed by atoms with Gasteiger partial charge in [0.05, 0.1) is 27.1 Å². The van der Waals surface area contributed by atoms with Crippen LogP contribution in [-0.4, -0.2) is 72.1 Å². The fourth-order valence-electron chi connectivity index (χ4n) is 1.31. The molecule has 0 fully saturated rings. The molecule has 1 amide bonds. The molecule has 0 aliphatic heterocycles. The summed E-state index contributed by atoms with van der Waals surface area (Å²) in [5.41, 5.74) is 4.14. The Kier molecular flexibility index (Phi) is 12.2. The number of methoxy groups -OCH3 is 2. The second-order valence-electron chi connectivity index (χ2n) is 6.04. The molecule has 0 bridgehead atoms. The molecule has 0 aliphatic rings. The Morgan fingerprint density at radius 1 is 1.00 bits per heavy atom. The molecule has 0 heterocycles. The first-order valence-electron chi connectivity index (χ1n) is 7.57. The zero-order chi connectivity index (χ0) is 21.8. The third kappa shape index (κ3) is 15.1. The number of hydrogen-bond donors (Lipinski definition) is 4. The number of ether oxygens (including phenoxy) is 3. The number of amides is 1. The molecule has 0 aliphatic carbocycles. The van der Waals surface area contributed by atoms with Crippen LogP contribution in [-0.2, 0) is 33.4 Å². The maximum absolute atomic E-state index is 11.5. The van der Waals surface area contributed by atoms with Crippen LogP contribution < -0.4 is 11.1 Å². The lowest BCUT2D eigenvalue weighted by molar-refractivity contribution is -0.149. The minimum absolute atomic E-state index is 0.317. The van der Waals surface area contributed by atoms with Crippen LogP contribution in [0.15, 0.2) is 0 Å². The lowest BCUT2D eigenvalue weighted by atomic mass is 10.2. The molecule has 0 rings (SSSR count). The summed E-state index contributed by atoms with van der Waals surface area (Å²) < 4.78 is 13.9. The van der Waals surface area contributed by atoms with E-state index in [4.69, 9.17) is 20.7 Å². The van der Waals surface area contributed by atoms with Gasteiger partial charge in [-0.15, -0.1) is 0 Å². The molecule has 2 atom stereocenters. The summed E-state index contributed by atoms with van der Waals surface area (Å²) in [5, 5.41) is 18.3. The number of carbonyl (C=O) groups is 5. The van der Waals surface area contributed by atoms with Crippen molar-refractivity contribution in [3.63, 3.8) is 0 Å². The van der Waals surface area contributed by atoms with Gasteiger partial charge in [-0.3, -0.25) is 14.4 Å². The second kappa shape index (κ2) is 12.5. The fraction of sp³-hybridized carbons (Fsp3) is 0.667. The highest BCUT2D eigenvalue weighted by Gasteiger charge is 2.27. The number of rotatable bonds is 7. The summed E-state index contributed by atoms with van der Waals surface area (Å²) in [6, 6.07) is -2.42. The van der Waals surface area contributed by atoms with Gasteiger partial charge in [0.1, 0.15) is 17.7 Å². The second-order valence-corrected chi connectivity index (χ2v) is 6.04. The number of alkyl carbamates (subject to hydrolysis) is 1. The predicted molar refractivity (Wildman–Crippen MR) is 89.7 cm³/mol. The largest absolute Gasteiger partial charge is 0.481 e. The monoisotopic (exact) mass is 394 g/mol. The van der Waals surface area contributed by atoms with Crippen LogP contribution in [0.4, 0.5) is 4.79 Å². The Hall–Kier alpha value is -2.89. The van der Waals surface area contributed by atoms with E-state index in [0.717, 1.165) is 7.11 Å². The zero-order valence-electron chi connectivity index (χ0n) is 15.8. The lowest BCUT2D eigenvalue weighted by Gasteiger charge is -2.22. The first-order valence-corrected chi connectivity index (χ1v) is 7.57. The molecular formula is C15H26N2O10. The van der Waals surface area contributed by atoms with Crippen LogP contribution in [0.2, 0.25) is 0 Å². The van der Waals surface area contributed by atoms with Crippen LogP contribution in [0.25, 0.3) is 0 Å². The number of aliphatic carboxylic acids is 2. The molecular weight excluding hydrogens is 368 g/mol. The van der Waals surface area contributed by atoms with Crippen LogP contribution in [0.1, 0.15) is 33.6 Å². The number of esters is 2. The Labute approximate surface area is 155 Å². The fourth-order valence-corrected chi connectivity index (χ4v) is 1.31. The van der Waals surface area contributed by atoms with Crippen molar-refractivity contribution in [2.24, 2.45) is 5.73 Å². The maximum atomic E-state index is 11.5. The van der Waals surface area contributed by atoms with Gasteiger partial charge in [0.15, 0.2) is 0 Å². The number of carboxylic acids is 2. The summed E-state index contributed by atoms with van der Waals surface area (Å²) in [5.74, 6) is -3.88. The molecule has 0 aromatic carbocycles. The van der Waals surface area contributed by atoms with Crippen molar-refractivity contribution in [1.29, 1.82) is 0 Å². The SMILES string of the molecule is COC(=O)C[C@H](NC(=O)OC(C)(C)C)C(=O)OC.N[C@@H](CC(=O)O)C(=O)O. The molecule has 0 aromatic rings. The van der Waals surface area contributed by atoms with Crippen molar-refractivity contribution in [3.05, 3.63) is 0 Å². The zero-order valence-corrected chi connectivity index (χ0v) is 15.8. The van der Waals surface area contributed by atoms with Crippen molar-refractivity contribution >= 4 is 30.0 Å². The maximum Gasteiger partial charge on any atom is 0.408 e. The van der Waals surface area contributed by atoms with E-state index in [2.05, 4.69) is 14.8 Å². The Balaban J connectivity index is 0. The highest BCUT2D eigenvalue weighted by molar-refractivity contribution is 5.86. The van der Waals surface area contributed by atoms with Gasteiger partial charge in [-0.2, -0.15) is 0 Å². The highest BCUT2D eigenvalue weighted by Crippen LogP contribution is 2.07. The van der Waals surface area contributed by atoms with E-state index >= 15 is 0 Å². The molecule has 27 heavy (non-hydrogen) atoms. The number of carboxylic acid groups (broad SMARTS) is 2. The predicted octanol–water partition coefficient (Wildman–Crippen LogP) is -0.511. The summed E-state index contributed by atoms with van der Waals surface area (Å²) in [6.07, 6.45) is -1.65. The minimum Gasteiger partial charge on any atom is -0.481 e. The normalized spacial score (nSPS) is 12.4. The van der Waals surface area contributed by atoms with Gasteiger partial charge in [-0.05, 0) is 20.8 Å². The quantitative estimate of drug-likeness (QED) is 0.321. The van der Waals surface area contributed by atoms with Gasteiger partial charge in [-0.1, -0.05) is 0 Å². The summed E-state index contributed by atoms with van der Waals surface area (Å²) in [4.78, 5) is 53.5. The molecule has 5 N–H and O–H groups in total. The third-order valence-corrected chi connectivity index (χ3v) is 2.49. The molecule has 0 unspecified atom stereocenters. The smallest absolute Gasteiger partial charge is 0.408 e. The van der Waals surface area contributed by atoms with Crippen molar-refractivity contribution in [2.45, 2.75) is 51.3 Å². The summed E-state index contributed by atoms with van der Waals surface area (Å²) in [7, 11) is 2.34.